The van der Waals surface area contributed by atoms with Crippen molar-refractivity contribution < 1.29 is 0 Å². The minimum Gasteiger partial charge on any atom is -0.401 e. The van der Waals surface area contributed by atoms with Gasteiger partial charge in [-0.3, -0.25) is 0 Å². The van der Waals surface area contributed by atoms with Crippen LogP contribution in [0.1, 0.15) is 12.8 Å². The van der Waals surface area contributed by atoms with Crippen LogP contribution in [0.25, 0.3) is 0 Å². The van der Waals surface area contributed by atoms with Crippen molar-refractivity contribution >= 4 is 0 Å². The second-order valence-electron chi connectivity index (χ2n) is 2.87. The van der Waals surface area contributed by atoms with E-state index in [4.69, 9.17) is 5.73 Å². The van der Waals surface area contributed by atoms with Gasteiger partial charge in [-0.1, -0.05) is 18.2 Å². The van der Waals surface area contributed by atoms with Gasteiger partial charge in [-0.2, -0.15) is 0 Å². The molecule has 0 aromatic carbocycles. The number of hydrogen-bond donors (Lipinski definition) is 2. The molecule has 58 valence electrons. The molecule has 3 N–H and O–H groups in total. The summed E-state index contributed by atoms with van der Waals surface area (Å²) in [5, 5.41) is 3.32. The molecule has 0 aromatic rings. The summed E-state index contributed by atoms with van der Waals surface area (Å²) in [6, 6.07) is 0. The van der Waals surface area contributed by atoms with E-state index in [1.54, 1.807) is 0 Å². The van der Waals surface area contributed by atoms with E-state index in [0.29, 0.717) is 0 Å². The van der Waals surface area contributed by atoms with Gasteiger partial charge in [0.1, 0.15) is 0 Å². The molecule has 0 fully saturated rings. The van der Waals surface area contributed by atoms with Gasteiger partial charge in [0.05, 0.1) is 0 Å². The lowest BCUT2D eigenvalue weighted by Gasteiger charge is -2.22. The Kier molecular flexibility index (Phi) is 1.46. The minimum atomic E-state index is 0.969. The number of fused-ring (bicyclic) bond motifs is 1. The number of hydrogen-bond acceptors (Lipinski definition) is 2. The average Bonchev–Trinajstić information content (AvgIpc) is 2.06. The Labute approximate surface area is 66.5 Å². The highest BCUT2D eigenvalue weighted by Gasteiger charge is 2.13. The molecular formula is C9H12N2. The highest BCUT2D eigenvalue weighted by atomic mass is 14.9. The smallest absolute Gasteiger partial charge is 0.0393 e. The molecule has 1 aliphatic carbocycles. The van der Waals surface area contributed by atoms with Crippen molar-refractivity contribution in [2.75, 3.05) is 6.54 Å². The van der Waals surface area contributed by atoms with Gasteiger partial charge in [-0.15, -0.1) is 0 Å². The third-order valence-corrected chi connectivity index (χ3v) is 2.09. The van der Waals surface area contributed by atoms with Crippen molar-refractivity contribution in [2.45, 2.75) is 12.8 Å². The molecule has 0 saturated carbocycles. The van der Waals surface area contributed by atoms with Crippen molar-refractivity contribution in [3.8, 4) is 0 Å². The number of nitrogens with two attached hydrogens (primary N) is 1. The minimum absolute atomic E-state index is 0.969. The molecule has 1 aliphatic heterocycles. The third-order valence-electron chi connectivity index (χ3n) is 2.09. The van der Waals surface area contributed by atoms with E-state index in [2.05, 4.69) is 23.5 Å². The molecule has 11 heavy (non-hydrogen) atoms. The van der Waals surface area contributed by atoms with Crippen LogP contribution in [0.15, 0.2) is 35.2 Å². The second-order valence-corrected chi connectivity index (χ2v) is 2.87. The topological polar surface area (TPSA) is 38.0 Å². The van der Waals surface area contributed by atoms with Crippen LogP contribution in [-0.2, 0) is 0 Å². The van der Waals surface area contributed by atoms with Crippen molar-refractivity contribution in [1.82, 2.24) is 5.32 Å². The standard InChI is InChI=1S/C9H12N2/c10-8-5-6-11-9-4-2-1-3-7(8)9/h1,3-4,11H,2,5-6,10H2. The van der Waals surface area contributed by atoms with E-state index in [1.807, 2.05) is 0 Å². The lowest BCUT2D eigenvalue weighted by Crippen LogP contribution is -2.26. The largest absolute Gasteiger partial charge is 0.401 e. The van der Waals surface area contributed by atoms with Crippen LogP contribution in [0.2, 0.25) is 0 Å². The first-order valence-electron chi connectivity index (χ1n) is 3.97. The van der Waals surface area contributed by atoms with Crippen LogP contribution in [0.3, 0.4) is 0 Å². The zero-order valence-corrected chi connectivity index (χ0v) is 6.43. The summed E-state index contributed by atoms with van der Waals surface area (Å²) in [6.45, 7) is 0.981. The maximum Gasteiger partial charge on any atom is 0.0393 e. The van der Waals surface area contributed by atoms with Gasteiger partial charge in [-0.25, -0.2) is 0 Å². The summed E-state index contributed by atoms with van der Waals surface area (Å²) >= 11 is 0. The van der Waals surface area contributed by atoms with Crippen molar-refractivity contribution in [3.63, 3.8) is 0 Å². The first kappa shape index (κ1) is 6.53. The first-order chi connectivity index (χ1) is 5.38. The Balaban J connectivity index is 2.41. The fourth-order valence-electron chi connectivity index (χ4n) is 1.49. The summed E-state index contributed by atoms with van der Waals surface area (Å²) in [7, 11) is 0. The second kappa shape index (κ2) is 2.46. The molecule has 2 heteroatoms. The third kappa shape index (κ3) is 1.04. The van der Waals surface area contributed by atoms with Crippen LogP contribution in [0.5, 0.6) is 0 Å². The fourth-order valence-corrected chi connectivity index (χ4v) is 1.49. The highest BCUT2D eigenvalue weighted by Crippen LogP contribution is 2.21. The monoisotopic (exact) mass is 148 g/mol. The maximum absolute atomic E-state index is 5.84. The predicted molar refractivity (Wildman–Crippen MR) is 45.7 cm³/mol. The molecule has 1 heterocycles. The first-order valence-corrected chi connectivity index (χ1v) is 3.97. The van der Waals surface area contributed by atoms with Gasteiger partial charge < -0.3 is 11.1 Å². The van der Waals surface area contributed by atoms with E-state index in [1.165, 1.54) is 11.3 Å². The lowest BCUT2D eigenvalue weighted by atomic mass is 9.99. The molecule has 2 nitrogen and oxygen atoms in total. The van der Waals surface area contributed by atoms with Gasteiger partial charge in [0.25, 0.3) is 0 Å². The molecule has 0 atom stereocenters. The SMILES string of the molecule is NC1=C2C=CCC=C2NCC1. The summed E-state index contributed by atoms with van der Waals surface area (Å²) < 4.78 is 0. The highest BCUT2D eigenvalue weighted by molar-refractivity contribution is 5.46. The number of rotatable bonds is 0. The van der Waals surface area contributed by atoms with Gasteiger partial charge in [0.15, 0.2) is 0 Å². The zero-order chi connectivity index (χ0) is 7.68. The van der Waals surface area contributed by atoms with Gasteiger partial charge in [0.2, 0.25) is 0 Å². The van der Waals surface area contributed by atoms with Crippen LogP contribution < -0.4 is 11.1 Å². The number of nitrogens with one attached hydrogen (secondary N) is 1. The van der Waals surface area contributed by atoms with Gasteiger partial charge in [0, 0.05) is 29.9 Å². The Morgan fingerprint density at radius 3 is 3.18 bits per heavy atom. The Morgan fingerprint density at radius 1 is 1.45 bits per heavy atom. The molecule has 2 aliphatic rings. The molecule has 0 unspecified atom stereocenters. The molecule has 2 rings (SSSR count). The van der Waals surface area contributed by atoms with Crippen LogP contribution in [-0.4, -0.2) is 6.54 Å². The van der Waals surface area contributed by atoms with E-state index in [0.717, 1.165) is 25.1 Å². The van der Waals surface area contributed by atoms with E-state index in [-0.39, 0.29) is 0 Å². The zero-order valence-electron chi connectivity index (χ0n) is 6.43. The van der Waals surface area contributed by atoms with Crippen molar-refractivity contribution in [2.24, 2.45) is 5.73 Å². The fraction of sp³-hybridized carbons (Fsp3) is 0.333. The van der Waals surface area contributed by atoms with Crippen LogP contribution in [0.4, 0.5) is 0 Å². The maximum atomic E-state index is 5.84. The molecular weight excluding hydrogens is 136 g/mol. The van der Waals surface area contributed by atoms with Crippen LogP contribution in [0, 0.1) is 0 Å². The Bertz CT molecular complexity index is 259. The van der Waals surface area contributed by atoms with Gasteiger partial charge >= 0.3 is 0 Å². The summed E-state index contributed by atoms with van der Waals surface area (Å²) in [5.41, 5.74) is 9.27. The Morgan fingerprint density at radius 2 is 2.36 bits per heavy atom. The molecule has 0 spiro atoms. The van der Waals surface area contributed by atoms with Gasteiger partial charge in [-0.05, 0) is 6.42 Å². The summed E-state index contributed by atoms with van der Waals surface area (Å²) in [5.74, 6) is 0. The summed E-state index contributed by atoms with van der Waals surface area (Å²) in [6.07, 6.45) is 8.42. The quantitative estimate of drug-likeness (QED) is 0.538. The Hall–Kier alpha value is -1.18. The lowest BCUT2D eigenvalue weighted by molar-refractivity contribution is 0.739. The molecule has 0 bridgehead atoms. The van der Waals surface area contributed by atoms with Crippen LogP contribution >= 0.6 is 0 Å². The summed E-state index contributed by atoms with van der Waals surface area (Å²) in [4.78, 5) is 0. The average molecular weight is 148 g/mol. The van der Waals surface area contributed by atoms with E-state index >= 15 is 0 Å². The normalized spacial score (nSPS) is 22.4. The van der Waals surface area contributed by atoms with E-state index in [9.17, 15) is 0 Å². The van der Waals surface area contributed by atoms with Crippen molar-refractivity contribution in [1.29, 1.82) is 0 Å². The molecule has 0 aromatic heterocycles. The van der Waals surface area contributed by atoms with E-state index < -0.39 is 0 Å². The van der Waals surface area contributed by atoms with Crippen molar-refractivity contribution in [3.05, 3.63) is 35.2 Å². The molecule has 0 radical (unpaired) electrons. The molecule has 0 saturated heterocycles. The predicted octanol–water partition coefficient (Wildman–Crippen LogP) is 1.04. The number of allylic oxidation sites excluding steroid dienone is 3. The molecule has 0 amide bonds.